The van der Waals surface area contributed by atoms with E-state index in [0.29, 0.717) is 30.4 Å². The third kappa shape index (κ3) is 13.9. The Morgan fingerprint density at radius 1 is 0.784 bits per heavy atom. The zero-order valence-electron chi connectivity index (χ0n) is 29.9. The van der Waals surface area contributed by atoms with Crippen LogP contribution >= 0.6 is 0 Å². The lowest BCUT2D eigenvalue weighted by molar-refractivity contribution is -0.605. The summed E-state index contributed by atoms with van der Waals surface area (Å²) in [6.45, 7) is 9.91. The van der Waals surface area contributed by atoms with Crippen molar-refractivity contribution in [1.29, 1.82) is 0 Å². The van der Waals surface area contributed by atoms with E-state index < -0.39 is 47.9 Å². The van der Waals surface area contributed by atoms with E-state index in [-0.39, 0.29) is 35.5 Å². The lowest BCUT2D eigenvalue weighted by atomic mass is 9.87. The molecule has 1 aromatic heterocycles. The summed E-state index contributed by atoms with van der Waals surface area (Å²) in [6.07, 6.45) is 4.12. The monoisotopic (exact) mass is 702 g/mol. The van der Waals surface area contributed by atoms with Crippen LogP contribution < -0.4 is 31.3 Å². The minimum absolute atomic E-state index is 0.159. The minimum atomic E-state index is -1.03. The molecule has 2 aromatic carbocycles. The maximum Gasteiger partial charge on any atom is 0.335 e. The Labute approximate surface area is 299 Å². The van der Waals surface area contributed by atoms with Gasteiger partial charge in [0.2, 0.25) is 17.7 Å². The molecule has 0 fully saturated rings. The van der Waals surface area contributed by atoms with Gasteiger partial charge in [0.25, 0.3) is 5.91 Å². The molecule has 51 heavy (non-hydrogen) atoms. The molecule has 0 saturated heterocycles. The highest BCUT2D eigenvalue weighted by molar-refractivity contribution is 5.98. The Balaban J connectivity index is 1.68. The Morgan fingerprint density at radius 3 is 2.00 bits per heavy atom. The van der Waals surface area contributed by atoms with E-state index in [0.717, 1.165) is 11.1 Å². The molecule has 0 bridgehead atoms. The van der Waals surface area contributed by atoms with Crippen LogP contribution in [0.4, 0.5) is 0 Å². The quantitative estimate of drug-likeness (QED) is 0.0861. The number of pyridine rings is 1. The molecule has 274 valence electrons. The highest BCUT2D eigenvalue weighted by Crippen LogP contribution is 2.21. The predicted octanol–water partition coefficient (Wildman–Crippen LogP) is 2.86. The summed E-state index contributed by atoms with van der Waals surface area (Å²) in [5.74, 6) is -2.70. The van der Waals surface area contributed by atoms with Crippen molar-refractivity contribution < 1.29 is 33.8 Å². The molecule has 0 saturated carbocycles. The van der Waals surface area contributed by atoms with Gasteiger partial charge >= 0.3 is 5.97 Å². The summed E-state index contributed by atoms with van der Waals surface area (Å²) in [7, 11) is 0. The lowest BCUT2D eigenvalue weighted by Crippen LogP contribution is -2.57. The number of rotatable bonds is 18. The molecule has 4 atom stereocenters. The first kappa shape index (κ1) is 40.1. The molecule has 0 aliphatic carbocycles. The van der Waals surface area contributed by atoms with E-state index in [9.17, 15) is 29.2 Å². The van der Waals surface area contributed by atoms with E-state index in [4.69, 9.17) is 5.11 Å². The highest BCUT2D eigenvalue weighted by Gasteiger charge is 2.31. The fourth-order valence-electron chi connectivity index (χ4n) is 5.35. The number of carbonyl (C=O) groups is 5. The average Bonchev–Trinajstić information content (AvgIpc) is 3.09. The molecule has 0 spiro atoms. The number of benzene rings is 2. The van der Waals surface area contributed by atoms with Gasteiger partial charge in [-0.15, -0.1) is 0 Å². The predicted molar refractivity (Wildman–Crippen MR) is 192 cm³/mol. The van der Waals surface area contributed by atoms with Crippen molar-refractivity contribution in [3.8, 4) is 0 Å². The molecular weight excluding hydrogens is 652 g/mol. The van der Waals surface area contributed by atoms with Gasteiger partial charge < -0.3 is 36.9 Å². The fourth-order valence-corrected chi connectivity index (χ4v) is 5.35. The summed E-state index contributed by atoms with van der Waals surface area (Å²) in [4.78, 5) is 64.4. The topological polar surface area (TPSA) is 193 Å². The van der Waals surface area contributed by atoms with Crippen molar-refractivity contribution in [2.45, 2.75) is 91.0 Å². The van der Waals surface area contributed by atoms with E-state index in [2.05, 4.69) is 26.6 Å². The number of hydrogen-bond acceptors (Lipinski definition) is 7. The van der Waals surface area contributed by atoms with Crippen molar-refractivity contribution in [3.63, 3.8) is 0 Å². The van der Waals surface area contributed by atoms with Crippen molar-refractivity contribution >= 4 is 29.6 Å². The maximum atomic E-state index is 13.8. The standard InChI is InChI=1S/C38H50N6O7/c1-6-10-31(42-36(48)32(22-38(3,4)5)43-34(46)28-17-19-44(51)20-18-28)35(47)41-30(21-26-11-8-7-9-12-26)24-39-25(2)33(45)40-23-27-13-15-29(16-14-27)37(49)50/h7-9,11-20,25,30-32,39H,6,10,21-24H2,1-5H3,(H,40,45)(H,41,47)(H,42,48)(H,43,46)(H,49,50)/t25-,30-,31-,32-/m0/s1. The smallest absolute Gasteiger partial charge is 0.335 e. The Morgan fingerprint density at radius 2 is 1.41 bits per heavy atom. The molecule has 0 aliphatic rings. The molecule has 1 heterocycles. The van der Waals surface area contributed by atoms with Crippen LogP contribution in [-0.4, -0.2) is 65.4 Å². The van der Waals surface area contributed by atoms with Gasteiger partial charge in [-0.25, -0.2) is 4.79 Å². The number of nitrogens with one attached hydrogen (secondary N) is 5. The first-order valence-electron chi connectivity index (χ1n) is 17.1. The molecule has 0 aliphatic heterocycles. The number of aromatic nitrogens is 1. The molecule has 4 amide bonds. The SMILES string of the molecule is CCC[C@H](NC(=O)[C@H](CC(C)(C)C)NC(=O)c1cc[n+]([O-])cc1)C(=O)N[C@H](CN[C@@H](C)C(=O)NCc1ccc(C(=O)O)cc1)Cc1ccccc1. The molecule has 13 nitrogen and oxygen atoms in total. The summed E-state index contributed by atoms with van der Waals surface area (Å²) < 4.78 is 0.562. The zero-order valence-corrected chi connectivity index (χ0v) is 29.9. The van der Waals surface area contributed by atoms with Gasteiger partial charge in [-0.2, -0.15) is 4.73 Å². The second-order valence-electron chi connectivity index (χ2n) is 13.8. The van der Waals surface area contributed by atoms with Crippen LogP contribution in [0.5, 0.6) is 0 Å². The number of nitrogens with zero attached hydrogens (tertiary/aromatic N) is 1. The Kier molecular flexibility index (Phi) is 15.1. The van der Waals surface area contributed by atoms with E-state index in [1.165, 1.54) is 36.7 Å². The van der Waals surface area contributed by atoms with E-state index in [1.807, 2.05) is 58.0 Å². The van der Waals surface area contributed by atoms with Crippen molar-refractivity contribution in [2.24, 2.45) is 5.41 Å². The number of carboxylic acid groups (broad SMARTS) is 1. The van der Waals surface area contributed by atoms with E-state index in [1.54, 1.807) is 19.1 Å². The second kappa shape index (κ2) is 19.2. The second-order valence-corrected chi connectivity index (χ2v) is 13.8. The van der Waals surface area contributed by atoms with Crippen LogP contribution in [0.25, 0.3) is 0 Å². The van der Waals surface area contributed by atoms with Crippen LogP contribution in [0.2, 0.25) is 0 Å². The third-order valence-corrected chi connectivity index (χ3v) is 8.12. The molecule has 0 unspecified atom stereocenters. The van der Waals surface area contributed by atoms with Crippen LogP contribution in [-0.2, 0) is 27.3 Å². The number of aromatic carboxylic acids is 1. The number of carboxylic acids is 1. The third-order valence-electron chi connectivity index (χ3n) is 8.12. The summed E-state index contributed by atoms with van der Waals surface area (Å²) in [6, 6.07) is 15.7. The highest BCUT2D eigenvalue weighted by atomic mass is 16.5. The minimum Gasteiger partial charge on any atom is -0.619 e. The van der Waals surface area contributed by atoms with Crippen molar-refractivity contribution in [3.05, 3.63) is 107 Å². The number of hydrogen-bond donors (Lipinski definition) is 6. The molecule has 13 heteroatoms. The van der Waals surface area contributed by atoms with Crippen LogP contribution in [0, 0.1) is 10.6 Å². The van der Waals surface area contributed by atoms with Gasteiger partial charge in [0.1, 0.15) is 12.1 Å². The molecule has 0 radical (unpaired) electrons. The van der Waals surface area contributed by atoms with Gasteiger partial charge in [0, 0.05) is 31.3 Å². The Hall–Kier alpha value is -5.30. The van der Waals surface area contributed by atoms with Gasteiger partial charge in [0.15, 0.2) is 12.4 Å². The van der Waals surface area contributed by atoms with Crippen molar-refractivity contribution in [1.82, 2.24) is 26.6 Å². The van der Waals surface area contributed by atoms with Crippen LogP contribution in [0.3, 0.4) is 0 Å². The zero-order chi connectivity index (χ0) is 37.6. The number of amides is 4. The van der Waals surface area contributed by atoms with E-state index >= 15 is 0 Å². The largest absolute Gasteiger partial charge is 0.619 e. The van der Waals surface area contributed by atoms with Gasteiger partial charge in [-0.05, 0) is 54.9 Å². The summed E-state index contributed by atoms with van der Waals surface area (Å²) >= 11 is 0. The van der Waals surface area contributed by atoms with Gasteiger partial charge in [-0.1, -0.05) is 76.6 Å². The molecule has 3 rings (SSSR count). The molecule has 3 aromatic rings. The van der Waals surface area contributed by atoms with Crippen LogP contribution in [0.15, 0.2) is 79.1 Å². The lowest BCUT2D eigenvalue weighted by Gasteiger charge is -2.29. The fraction of sp³-hybridized carbons (Fsp3) is 0.421. The molecule has 6 N–H and O–H groups in total. The summed E-state index contributed by atoms with van der Waals surface area (Å²) in [5.41, 5.74) is 1.77. The first-order chi connectivity index (χ1) is 24.1. The van der Waals surface area contributed by atoms with Crippen molar-refractivity contribution in [2.75, 3.05) is 6.54 Å². The van der Waals surface area contributed by atoms with Gasteiger partial charge in [0.05, 0.1) is 17.2 Å². The Bertz CT molecular complexity index is 1610. The number of carbonyl (C=O) groups excluding carboxylic acids is 4. The first-order valence-corrected chi connectivity index (χ1v) is 17.1. The van der Waals surface area contributed by atoms with Crippen LogP contribution in [0.1, 0.15) is 85.7 Å². The molecular formula is C38H50N6O7. The average molecular weight is 703 g/mol. The van der Waals surface area contributed by atoms with Gasteiger partial charge in [-0.3, -0.25) is 19.2 Å². The normalized spacial score (nSPS) is 13.6. The maximum absolute atomic E-state index is 13.8. The summed E-state index contributed by atoms with van der Waals surface area (Å²) in [5, 5.41) is 35.3.